The van der Waals surface area contributed by atoms with Crippen molar-refractivity contribution in [2.75, 3.05) is 6.54 Å². The fraction of sp³-hybridized carbons (Fsp3) is 0.429. The van der Waals surface area contributed by atoms with Gasteiger partial charge in [0.2, 0.25) is 0 Å². The van der Waals surface area contributed by atoms with Gasteiger partial charge in [0, 0.05) is 23.0 Å². The Hall–Kier alpha value is -1.24. The molecule has 1 aromatic carbocycles. The van der Waals surface area contributed by atoms with Gasteiger partial charge in [-0.25, -0.2) is 9.89 Å². The number of rotatable bonds is 7. The van der Waals surface area contributed by atoms with Crippen LogP contribution in [-0.2, 0) is 13.1 Å². The smallest absolute Gasteiger partial charge is 0.313 e. The third-order valence-electron chi connectivity index (χ3n) is 2.97. The zero-order valence-corrected chi connectivity index (χ0v) is 13.7. The van der Waals surface area contributed by atoms with E-state index in [-0.39, 0.29) is 5.69 Å². The minimum Gasteiger partial charge on any atom is -0.313 e. The fourth-order valence-electron chi connectivity index (χ4n) is 1.93. The maximum absolute atomic E-state index is 11.7. The minimum absolute atomic E-state index is 0.172. The van der Waals surface area contributed by atoms with Crippen LogP contribution >= 0.6 is 23.4 Å². The summed E-state index contributed by atoms with van der Waals surface area (Å²) in [6.45, 7) is 6.41. The molecular weight excluding hydrogens is 308 g/mol. The van der Waals surface area contributed by atoms with Gasteiger partial charge in [-0.2, -0.15) is 0 Å². The van der Waals surface area contributed by atoms with Gasteiger partial charge in [-0.1, -0.05) is 31.5 Å². The quantitative estimate of drug-likeness (QED) is 0.821. The summed E-state index contributed by atoms with van der Waals surface area (Å²) in [4.78, 5) is 12.8. The zero-order chi connectivity index (χ0) is 15.2. The molecule has 0 atom stereocenters. The van der Waals surface area contributed by atoms with E-state index in [1.54, 1.807) is 4.57 Å². The Morgan fingerprint density at radius 3 is 2.95 bits per heavy atom. The molecule has 0 aliphatic rings. The van der Waals surface area contributed by atoms with Crippen LogP contribution in [0.25, 0.3) is 0 Å². The maximum Gasteiger partial charge on any atom is 0.343 e. The summed E-state index contributed by atoms with van der Waals surface area (Å²) in [6, 6.07) is 5.79. The van der Waals surface area contributed by atoms with Gasteiger partial charge in [0.05, 0.1) is 0 Å². The Labute approximate surface area is 133 Å². The second-order valence-corrected chi connectivity index (χ2v) is 6.04. The van der Waals surface area contributed by atoms with Gasteiger partial charge < -0.3 is 5.32 Å². The number of aromatic amines is 1. The van der Waals surface area contributed by atoms with Crippen LogP contribution in [0.1, 0.15) is 25.8 Å². The second-order valence-electron chi connectivity index (χ2n) is 4.60. The third kappa shape index (κ3) is 4.12. The van der Waals surface area contributed by atoms with E-state index in [1.807, 2.05) is 25.1 Å². The van der Waals surface area contributed by atoms with Crippen molar-refractivity contribution in [3.63, 3.8) is 0 Å². The van der Waals surface area contributed by atoms with Crippen LogP contribution in [0, 0.1) is 0 Å². The van der Waals surface area contributed by atoms with Gasteiger partial charge in [-0.05, 0) is 42.4 Å². The topological polar surface area (TPSA) is 62.7 Å². The van der Waals surface area contributed by atoms with E-state index in [0.717, 1.165) is 30.0 Å². The molecule has 0 fully saturated rings. The molecule has 0 unspecified atom stereocenters. The Kier molecular flexibility index (Phi) is 5.90. The predicted octanol–water partition coefficient (Wildman–Crippen LogP) is 2.90. The maximum atomic E-state index is 11.7. The fourth-order valence-corrected chi connectivity index (χ4v) is 3.20. The summed E-state index contributed by atoms with van der Waals surface area (Å²) in [5.41, 5.74) is 0.972. The van der Waals surface area contributed by atoms with Crippen molar-refractivity contribution in [3.8, 4) is 0 Å². The van der Waals surface area contributed by atoms with Gasteiger partial charge in [-0.15, -0.1) is 5.10 Å². The largest absolute Gasteiger partial charge is 0.343 e. The summed E-state index contributed by atoms with van der Waals surface area (Å²) in [5.74, 6) is 0. The van der Waals surface area contributed by atoms with Crippen LogP contribution in [0.5, 0.6) is 0 Å². The van der Waals surface area contributed by atoms with E-state index in [1.165, 1.54) is 11.8 Å². The van der Waals surface area contributed by atoms with E-state index in [2.05, 4.69) is 22.4 Å². The molecule has 21 heavy (non-hydrogen) atoms. The summed E-state index contributed by atoms with van der Waals surface area (Å²) >= 11 is 7.56. The zero-order valence-electron chi connectivity index (χ0n) is 12.1. The average molecular weight is 327 g/mol. The van der Waals surface area contributed by atoms with Gasteiger partial charge >= 0.3 is 5.69 Å². The molecule has 2 aromatic rings. The Balaban J connectivity index is 2.30. The van der Waals surface area contributed by atoms with Crippen LogP contribution in [0.3, 0.4) is 0 Å². The van der Waals surface area contributed by atoms with E-state index >= 15 is 0 Å². The molecule has 0 saturated heterocycles. The standard InChI is InChI=1S/C14H19ClN4OS/c1-3-7-19-13(20)17-18-14(19)21-12-8-11(15)6-5-10(12)9-16-4-2/h5-6,8,16H,3-4,7,9H2,1-2H3,(H,17,20). The number of aromatic nitrogens is 3. The number of benzene rings is 1. The Morgan fingerprint density at radius 1 is 1.43 bits per heavy atom. The van der Waals surface area contributed by atoms with E-state index in [4.69, 9.17) is 11.6 Å². The van der Waals surface area contributed by atoms with E-state index < -0.39 is 0 Å². The van der Waals surface area contributed by atoms with Crippen LogP contribution in [0.4, 0.5) is 0 Å². The highest BCUT2D eigenvalue weighted by Gasteiger charge is 2.12. The molecular formula is C14H19ClN4OS. The molecule has 0 saturated carbocycles. The van der Waals surface area contributed by atoms with Gasteiger partial charge in [-0.3, -0.25) is 4.57 Å². The Bertz CT molecular complexity index is 653. The minimum atomic E-state index is -0.172. The van der Waals surface area contributed by atoms with Crippen LogP contribution < -0.4 is 11.0 Å². The number of H-pyrrole nitrogens is 1. The molecule has 1 heterocycles. The highest BCUT2D eigenvalue weighted by atomic mass is 35.5. The molecule has 0 radical (unpaired) electrons. The lowest BCUT2D eigenvalue weighted by molar-refractivity contribution is 0.603. The van der Waals surface area contributed by atoms with Crippen molar-refractivity contribution in [3.05, 3.63) is 39.3 Å². The molecule has 0 amide bonds. The third-order valence-corrected chi connectivity index (χ3v) is 4.30. The second kappa shape index (κ2) is 7.68. The molecule has 2 rings (SSSR count). The van der Waals surface area contributed by atoms with Crippen molar-refractivity contribution in [2.45, 2.75) is 43.4 Å². The summed E-state index contributed by atoms with van der Waals surface area (Å²) in [5, 5.41) is 11.3. The molecule has 0 bridgehead atoms. The van der Waals surface area contributed by atoms with Gasteiger partial charge in [0.15, 0.2) is 5.16 Å². The van der Waals surface area contributed by atoms with E-state index in [9.17, 15) is 4.79 Å². The number of hydrogen-bond acceptors (Lipinski definition) is 4. The number of nitrogens with one attached hydrogen (secondary N) is 2. The average Bonchev–Trinajstić information content (AvgIpc) is 2.80. The van der Waals surface area contributed by atoms with Crippen LogP contribution in [0.15, 0.2) is 33.0 Å². The van der Waals surface area contributed by atoms with E-state index in [0.29, 0.717) is 16.7 Å². The highest BCUT2D eigenvalue weighted by Crippen LogP contribution is 2.31. The van der Waals surface area contributed by atoms with Crippen molar-refractivity contribution in [2.24, 2.45) is 0 Å². The molecule has 7 heteroatoms. The van der Waals surface area contributed by atoms with Crippen LogP contribution in [-0.4, -0.2) is 21.3 Å². The normalized spacial score (nSPS) is 11.0. The number of nitrogens with zero attached hydrogens (tertiary/aromatic N) is 2. The highest BCUT2D eigenvalue weighted by molar-refractivity contribution is 7.99. The molecule has 114 valence electrons. The molecule has 0 aliphatic heterocycles. The van der Waals surface area contributed by atoms with Crippen LogP contribution in [0.2, 0.25) is 5.02 Å². The molecule has 0 aliphatic carbocycles. The summed E-state index contributed by atoms with van der Waals surface area (Å²) in [6.07, 6.45) is 0.882. The van der Waals surface area contributed by atoms with Crippen molar-refractivity contribution < 1.29 is 0 Å². The van der Waals surface area contributed by atoms with Gasteiger partial charge in [0.1, 0.15) is 0 Å². The van der Waals surface area contributed by atoms with Crippen molar-refractivity contribution >= 4 is 23.4 Å². The summed E-state index contributed by atoms with van der Waals surface area (Å²) in [7, 11) is 0. The molecule has 5 nitrogen and oxygen atoms in total. The first-order valence-electron chi connectivity index (χ1n) is 6.97. The first-order chi connectivity index (χ1) is 10.2. The van der Waals surface area contributed by atoms with Crippen molar-refractivity contribution in [1.29, 1.82) is 0 Å². The lowest BCUT2D eigenvalue weighted by Crippen LogP contribution is -2.17. The lowest BCUT2D eigenvalue weighted by atomic mass is 10.2. The predicted molar refractivity (Wildman–Crippen MR) is 86.1 cm³/mol. The molecule has 1 aromatic heterocycles. The van der Waals surface area contributed by atoms with Crippen molar-refractivity contribution in [1.82, 2.24) is 20.1 Å². The molecule has 2 N–H and O–H groups in total. The first-order valence-corrected chi connectivity index (χ1v) is 8.17. The monoisotopic (exact) mass is 326 g/mol. The summed E-state index contributed by atoms with van der Waals surface area (Å²) < 4.78 is 1.66. The van der Waals surface area contributed by atoms with Gasteiger partial charge in [0.25, 0.3) is 0 Å². The first kappa shape index (κ1) is 16.1. The molecule has 0 spiro atoms. The SMILES string of the molecule is CCCn1c(Sc2cc(Cl)ccc2CNCC)n[nH]c1=O. The number of halogens is 1. The number of hydrogen-bond donors (Lipinski definition) is 2. The Morgan fingerprint density at radius 2 is 2.24 bits per heavy atom. The lowest BCUT2D eigenvalue weighted by Gasteiger charge is -2.10.